The number of carbonyl (C=O) groups is 1. The summed E-state index contributed by atoms with van der Waals surface area (Å²) in [6, 6.07) is 9.80. The molecule has 10 heteroatoms. The summed E-state index contributed by atoms with van der Waals surface area (Å²) in [5.74, 6) is -0.0819. The molecule has 0 saturated carbocycles. The Labute approximate surface area is 151 Å². The van der Waals surface area contributed by atoms with Crippen LogP contribution in [0.15, 0.2) is 48.7 Å². The number of non-ortho nitro benzene ring substituents is 1. The maximum atomic E-state index is 12.5. The summed E-state index contributed by atoms with van der Waals surface area (Å²) in [6.07, 6.45) is 1.33. The van der Waals surface area contributed by atoms with Crippen LogP contribution in [-0.4, -0.2) is 27.8 Å². The summed E-state index contributed by atoms with van der Waals surface area (Å²) in [7, 11) is 1.48. The number of carbonyl (C=O) groups excluding carboxylic acids is 1. The lowest BCUT2D eigenvalue weighted by Gasteiger charge is -2.10. The van der Waals surface area contributed by atoms with E-state index in [2.05, 4.69) is 10.3 Å². The zero-order chi connectivity index (χ0) is 19.6. The van der Waals surface area contributed by atoms with Crippen molar-refractivity contribution >= 4 is 33.9 Å². The highest BCUT2D eigenvalue weighted by Gasteiger charge is 2.27. The van der Waals surface area contributed by atoms with Gasteiger partial charge in [-0.25, -0.2) is 0 Å². The van der Waals surface area contributed by atoms with Gasteiger partial charge < -0.3 is 10.1 Å². The van der Waals surface area contributed by atoms with Gasteiger partial charge in [-0.3, -0.25) is 30.0 Å². The van der Waals surface area contributed by atoms with Crippen molar-refractivity contribution in [3.63, 3.8) is 0 Å². The van der Waals surface area contributed by atoms with Crippen LogP contribution >= 0.6 is 0 Å². The van der Waals surface area contributed by atoms with Gasteiger partial charge >= 0.3 is 5.69 Å². The number of nitro groups is 2. The third kappa shape index (κ3) is 3.35. The molecule has 1 N–H and O–H groups in total. The van der Waals surface area contributed by atoms with E-state index in [1.807, 2.05) is 0 Å². The van der Waals surface area contributed by atoms with E-state index >= 15 is 0 Å². The van der Waals surface area contributed by atoms with Crippen LogP contribution in [0.1, 0.15) is 10.4 Å². The Hall–Kier alpha value is -4.08. The maximum absolute atomic E-state index is 12.5. The first-order valence-electron chi connectivity index (χ1n) is 7.58. The van der Waals surface area contributed by atoms with E-state index in [4.69, 9.17) is 4.74 Å². The van der Waals surface area contributed by atoms with E-state index in [9.17, 15) is 25.0 Å². The molecule has 10 nitrogen and oxygen atoms in total. The fourth-order valence-electron chi connectivity index (χ4n) is 2.56. The molecule has 0 aliphatic rings. The minimum atomic E-state index is -0.801. The second kappa shape index (κ2) is 7.04. The number of anilines is 1. The Kier molecular flexibility index (Phi) is 4.62. The third-order valence-corrected chi connectivity index (χ3v) is 3.83. The molecule has 1 amide bonds. The van der Waals surface area contributed by atoms with E-state index in [0.717, 1.165) is 6.07 Å². The first kappa shape index (κ1) is 17.7. The van der Waals surface area contributed by atoms with Gasteiger partial charge in [0.25, 0.3) is 11.6 Å². The number of nitrogens with one attached hydrogen (secondary N) is 1. The van der Waals surface area contributed by atoms with Gasteiger partial charge in [-0.15, -0.1) is 0 Å². The number of methoxy groups -OCH3 is 1. The van der Waals surface area contributed by atoms with Crippen LogP contribution in [0, 0.1) is 20.2 Å². The van der Waals surface area contributed by atoms with Crippen molar-refractivity contribution < 1.29 is 19.4 Å². The highest BCUT2D eigenvalue weighted by molar-refractivity contribution is 6.12. The van der Waals surface area contributed by atoms with Crippen molar-refractivity contribution in [2.24, 2.45) is 0 Å². The van der Waals surface area contributed by atoms with Gasteiger partial charge in [0.15, 0.2) is 0 Å². The lowest BCUT2D eigenvalue weighted by atomic mass is 10.1. The second-order valence-corrected chi connectivity index (χ2v) is 5.39. The fraction of sp³-hybridized carbons (Fsp3) is 0.0588. The molecule has 0 fully saturated rings. The van der Waals surface area contributed by atoms with Gasteiger partial charge in [-0.1, -0.05) is 0 Å². The van der Waals surface area contributed by atoms with Crippen molar-refractivity contribution in [3.8, 4) is 5.75 Å². The molecule has 2 aromatic carbocycles. The summed E-state index contributed by atoms with van der Waals surface area (Å²) in [4.78, 5) is 37.7. The van der Waals surface area contributed by atoms with Gasteiger partial charge in [0, 0.05) is 11.8 Å². The van der Waals surface area contributed by atoms with Crippen molar-refractivity contribution in [2.75, 3.05) is 12.4 Å². The monoisotopic (exact) mass is 368 g/mol. The van der Waals surface area contributed by atoms with Crippen LogP contribution in [0.25, 0.3) is 10.9 Å². The molecular weight excluding hydrogens is 356 g/mol. The zero-order valence-corrected chi connectivity index (χ0v) is 13.9. The van der Waals surface area contributed by atoms with Crippen LogP contribution in [0.3, 0.4) is 0 Å². The second-order valence-electron chi connectivity index (χ2n) is 5.39. The van der Waals surface area contributed by atoms with Gasteiger partial charge in [0.1, 0.15) is 17.0 Å². The Morgan fingerprint density at radius 3 is 2.33 bits per heavy atom. The molecule has 0 aliphatic heterocycles. The maximum Gasteiger partial charge on any atom is 0.301 e. The number of amides is 1. The van der Waals surface area contributed by atoms with Crippen molar-refractivity contribution in [1.29, 1.82) is 0 Å². The predicted molar refractivity (Wildman–Crippen MR) is 96.0 cm³/mol. The molecule has 0 bridgehead atoms. The predicted octanol–water partition coefficient (Wildman–Crippen LogP) is 3.31. The number of nitrogens with zero attached hydrogens (tertiary/aromatic N) is 3. The molecular formula is C17H12N4O6. The van der Waals surface area contributed by atoms with Crippen molar-refractivity contribution in [3.05, 3.63) is 74.5 Å². The molecule has 0 radical (unpaired) electrons. The molecule has 3 rings (SSSR count). The molecule has 0 saturated heterocycles. The molecule has 136 valence electrons. The van der Waals surface area contributed by atoms with Gasteiger partial charge in [-0.05, 0) is 36.4 Å². The van der Waals surface area contributed by atoms with E-state index in [-0.39, 0.29) is 22.2 Å². The van der Waals surface area contributed by atoms with Crippen molar-refractivity contribution in [1.82, 2.24) is 4.98 Å². The normalized spacial score (nSPS) is 10.4. The average molecular weight is 368 g/mol. The van der Waals surface area contributed by atoms with Crippen LogP contribution in [0.5, 0.6) is 5.75 Å². The third-order valence-electron chi connectivity index (χ3n) is 3.83. The molecule has 1 aromatic heterocycles. The van der Waals surface area contributed by atoms with E-state index < -0.39 is 27.1 Å². The molecule has 3 aromatic rings. The molecule has 0 atom stereocenters. The number of fused-ring (bicyclic) bond motifs is 1. The minimum Gasteiger partial charge on any atom is -0.497 e. The summed E-state index contributed by atoms with van der Waals surface area (Å²) in [5.41, 5.74) is -1.10. The zero-order valence-electron chi connectivity index (χ0n) is 13.9. The van der Waals surface area contributed by atoms with E-state index in [1.165, 1.54) is 37.6 Å². The largest absolute Gasteiger partial charge is 0.497 e. The van der Waals surface area contributed by atoms with Gasteiger partial charge in [-0.2, -0.15) is 0 Å². The first-order chi connectivity index (χ1) is 12.9. The van der Waals surface area contributed by atoms with E-state index in [1.54, 1.807) is 12.1 Å². The van der Waals surface area contributed by atoms with E-state index in [0.29, 0.717) is 5.75 Å². The van der Waals surface area contributed by atoms with Crippen LogP contribution in [0.4, 0.5) is 17.1 Å². The number of nitro benzene ring substituents is 2. The quantitative estimate of drug-likeness (QED) is 0.538. The first-order valence-corrected chi connectivity index (χ1v) is 7.58. The Balaban J connectivity index is 2.13. The topological polar surface area (TPSA) is 138 Å². The summed E-state index contributed by atoms with van der Waals surface area (Å²) >= 11 is 0. The minimum absolute atomic E-state index is 0.0414. The Morgan fingerprint density at radius 1 is 1.07 bits per heavy atom. The lowest BCUT2D eigenvalue weighted by molar-refractivity contribution is -0.392. The number of rotatable bonds is 5. The molecule has 0 unspecified atom stereocenters. The smallest absolute Gasteiger partial charge is 0.301 e. The lowest BCUT2D eigenvalue weighted by Crippen LogP contribution is -2.14. The molecule has 0 aliphatic carbocycles. The van der Waals surface area contributed by atoms with Crippen LogP contribution in [-0.2, 0) is 0 Å². The summed E-state index contributed by atoms with van der Waals surface area (Å²) < 4.78 is 5.02. The van der Waals surface area contributed by atoms with Crippen LogP contribution in [0.2, 0.25) is 0 Å². The standard InChI is InChI=1S/C17H12N4O6/c1-27-11-6-4-10(5-7-11)17(22)19-16-14(21(25)26)9-13(20(23)24)12-3-2-8-18-15(12)16/h2-9H,1H3,(H,19,22). The number of benzene rings is 2. The number of hydrogen-bond donors (Lipinski definition) is 1. The summed E-state index contributed by atoms with van der Waals surface area (Å²) in [6.45, 7) is 0. The van der Waals surface area contributed by atoms with Gasteiger partial charge in [0.2, 0.25) is 0 Å². The Bertz CT molecular complexity index is 1060. The van der Waals surface area contributed by atoms with Crippen LogP contribution < -0.4 is 10.1 Å². The number of hydrogen-bond acceptors (Lipinski definition) is 7. The number of ether oxygens (including phenoxy) is 1. The SMILES string of the molecule is COc1ccc(C(=O)Nc2c([N+](=O)[O-])cc([N+](=O)[O-])c3cccnc23)cc1. The average Bonchev–Trinajstić information content (AvgIpc) is 2.67. The molecule has 27 heavy (non-hydrogen) atoms. The summed E-state index contributed by atoms with van der Waals surface area (Å²) in [5, 5.41) is 25.2. The molecule has 0 spiro atoms. The van der Waals surface area contributed by atoms with Gasteiger partial charge in [0.05, 0.1) is 28.4 Å². The highest BCUT2D eigenvalue weighted by Crippen LogP contribution is 2.38. The highest BCUT2D eigenvalue weighted by atomic mass is 16.6. The number of aromatic nitrogens is 1. The Morgan fingerprint density at radius 2 is 1.74 bits per heavy atom. The number of pyridine rings is 1. The fourth-order valence-corrected chi connectivity index (χ4v) is 2.56. The molecule has 1 heterocycles. The van der Waals surface area contributed by atoms with Crippen molar-refractivity contribution in [2.45, 2.75) is 0 Å².